The highest BCUT2D eigenvalue weighted by atomic mass is 14.9. The summed E-state index contributed by atoms with van der Waals surface area (Å²) in [4.78, 5) is 10.6. The van der Waals surface area contributed by atoms with E-state index in [-0.39, 0.29) is 10.8 Å². The van der Waals surface area contributed by atoms with E-state index in [1.165, 1.54) is 77.5 Å². The van der Waals surface area contributed by atoms with Crippen LogP contribution in [0.15, 0.2) is 194 Å². The number of aromatic nitrogens is 2. The zero-order valence-corrected chi connectivity index (χ0v) is 35.4. The Labute approximate surface area is 363 Å². The lowest BCUT2D eigenvalue weighted by Gasteiger charge is -2.23. The number of benzene rings is 9. The van der Waals surface area contributed by atoms with Gasteiger partial charge in [-0.15, -0.1) is 0 Å². The van der Waals surface area contributed by atoms with Crippen LogP contribution in [0.2, 0.25) is 0 Å². The second kappa shape index (κ2) is 13.5. The summed E-state index contributed by atoms with van der Waals surface area (Å²) in [6, 6.07) is 71.2. The Balaban J connectivity index is 1.15. The first-order valence-corrected chi connectivity index (χ1v) is 21.7. The molecule has 0 aliphatic heterocycles. The minimum absolute atomic E-state index is 0.0768. The highest BCUT2D eigenvalue weighted by Crippen LogP contribution is 2.53. The zero-order valence-electron chi connectivity index (χ0n) is 35.4. The fourth-order valence-electron chi connectivity index (χ4n) is 10.8. The van der Waals surface area contributed by atoms with Gasteiger partial charge in [0.05, 0.1) is 11.4 Å². The molecule has 10 aromatic rings. The van der Waals surface area contributed by atoms with Crippen molar-refractivity contribution in [3.8, 4) is 78.4 Å². The zero-order chi connectivity index (χ0) is 41.7. The van der Waals surface area contributed by atoms with Gasteiger partial charge >= 0.3 is 0 Å². The molecular formula is C60H44N2. The SMILES string of the molecule is CC1(C)c2ccccc2-c2cc(-c3c4ccccc4c(-c4cc(-c5ccccc5)nc(-c5ccccc5)n4)c4ccc(-c5ccc6c(c5)C(C)(C)c5ccccc5-6)cc34)ccc21. The summed E-state index contributed by atoms with van der Waals surface area (Å²) in [5, 5.41) is 4.72. The smallest absolute Gasteiger partial charge is 0.160 e. The highest BCUT2D eigenvalue weighted by Gasteiger charge is 2.37. The molecule has 0 saturated heterocycles. The number of hydrogen-bond donors (Lipinski definition) is 0. The van der Waals surface area contributed by atoms with E-state index in [0.717, 1.165) is 38.9 Å². The van der Waals surface area contributed by atoms with E-state index in [1.807, 2.05) is 6.07 Å². The quantitative estimate of drug-likeness (QED) is 0.162. The molecule has 0 bridgehead atoms. The van der Waals surface area contributed by atoms with Crippen molar-refractivity contribution < 1.29 is 0 Å². The lowest BCUT2D eigenvalue weighted by atomic mass is 9.81. The number of hydrogen-bond acceptors (Lipinski definition) is 2. The Bertz CT molecular complexity index is 3390. The molecule has 0 saturated carbocycles. The largest absolute Gasteiger partial charge is 0.228 e. The van der Waals surface area contributed by atoms with Gasteiger partial charge in [0.15, 0.2) is 5.82 Å². The van der Waals surface area contributed by atoms with E-state index in [2.05, 4.69) is 216 Å². The average molecular weight is 793 g/mol. The van der Waals surface area contributed by atoms with Gasteiger partial charge in [-0.25, -0.2) is 9.97 Å². The Kier molecular flexibility index (Phi) is 7.96. The van der Waals surface area contributed by atoms with Crippen molar-refractivity contribution in [2.75, 3.05) is 0 Å². The van der Waals surface area contributed by atoms with Gasteiger partial charge in [-0.05, 0) is 113 Å². The van der Waals surface area contributed by atoms with Crippen molar-refractivity contribution in [1.29, 1.82) is 0 Å². The van der Waals surface area contributed by atoms with Gasteiger partial charge in [-0.2, -0.15) is 0 Å². The highest BCUT2D eigenvalue weighted by molar-refractivity contribution is 6.22. The molecule has 9 aromatic carbocycles. The third kappa shape index (κ3) is 5.43. The van der Waals surface area contributed by atoms with Crippen molar-refractivity contribution in [3.05, 3.63) is 216 Å². The van der Waals surface area contributed by atoms with Crippen LogP contribution >= 0.6 is 0 Å². The number of nitrogens with zero attached hydrogens (tertiary/aromatic N) is 2. The molecule has 2 nitrogen and oxygen atoms in total. The molecule has 1 aromatic heterocycles. The third-order valence-corrected chi connectivity index (χ3v) is 13.9. The summed E-state index contributed by atoms with van der Waals surface area (Å²) in [5.41, 5.74) is 20.5. The standard InChI is InChI=1S/C60H44N2/c1-59(2)51-26-16-14-22-43(51)48-34-41(29-32-52(48)59)56-45-23-11-12-24-46(45)57(55-36-54(37-17-7-5-8-18-37)61-58(62-55)38-19-9-6-10-20-38)47-31-28-39(33-49(47)56)40-27-30-44-42-21-13-15-25-50(42)60(3,4)53(44)35-40/h5-36H,1-4H3. The van der Waals surface area contributed by atoms with Gasteiger partial charge < -0.3 is 0 Å². The molecule has 0 fully saturated rings. The van der Waals surface area contributed by atoms with Crippen LogP contribution in [0, 0.1) is 0 Å². The van der Waals surface area contributed by atoms with Gasteiger partial charge in [0.25, 0.3) is 0 Å². The molecule has 2 heteroatoms. The molecule has 2 aliphatic rings. The second-order valence-corrected chi connectivity index (χ2v) is 18.1. The minimum atomic E-state index is -0.0955. The maximum atomic E-state index is 5.43. The van der Waals surface area contributed by atoms with Crippen LogP contribution in [0.25, 0.3) is 100.0 Å². The number of fused-ring (bicyclic) bond motifs is 8. The lowest BCUT2D eigenvalue weighted by Crippen LogP contribution is -2.14. The second-order valence-electron chi connectivity index (χ2n) is 18.1. The van der Waals surface area contributed by atoms with Gasteiger partial charge in [-0.1, -0.05) is 198 Å². The van der Waals surface area contributed by atoms with Crippen LogP contribution in [-0.4, -0.2) is 9.97 Å². The van der Waals surface area contributed by atoms with Crippen LogP contribution in [0.4, 0.5) is 0 Å². The molecule has 0 N–H and O–H groups in total. The molecular weight excluding hydrogens is 749 g/mol. The summed E-state index contributed by atoms with van der Waals surface area (Å²) in [6.07, 6.45) is 0. The van der Waals surface area contributed by atoms with E-state index in [4.69, 9.17) is 9.97 Å². The van der Waals surface area contributed by atoms with Crippen molar-refractivity contribution >= 4 is 21.5 Å². The molecule has 1 heterocycles. The van der Waals surface area contributed by atoms with Crippen LogP contribution in [0.1, 0.15) is 49.9 Å². The first-order chi connectivity index (χ1) is 30.3. The summed E-state index contributed by atoms with van der Waals surface area (Å²) in [6.45, 7) is 9.44. The molecule has 0 radical (unpaired) electrons. The van der Waals surface area contributed by atoms with Crippen LogP contribution in [0.5, 0.6) is 0 Å². The first-order valence-electron chi connectivity index (χ1n) is 21.7. The molecule has 0 spiro atoms. The lowest BCUT2D eigenvalue weighted by molar-refractivity contribution is 0.660. The van der Waals surface area contributed by atoms with E-state index in [0.29, 0.717) is 5.82 Å². The van der Waals surface area contributed by atoms with Crippen molar-refractivity contribution in [1.82, 2.24) is 9.97 Å². The average Bonchev–Trinajstić information content (AvgIpc) is 3.69. The van der Waals surface area contributed by atoms with Crippen molar-refractivity contribution in [2.45, 2.75) is 38.5 Å². The van der Waals surface area contributed by atoms with E-state index in [1.54, 1.807) is 0 Å². The normalized spacial score (nSPS) is 14.1. The molecule has 12 rings (SSSR count). The fraction of sp³-hybridized carbons (Fsp3) is 0.100. The fourth-order valence-corrected chi connectivity index (χ4v) is 10.8. The topological polar surface area (TPSA) is 25.8 Å². The molecule has 0 amide bonds. The Morgan fingerprint density at radius 3 is 1.52 bits per heavy atom. The van der Waals surface area contributed by atoms with Crippen LogP contribution < -0.4 is 0 Å². The van der Waals surface area contributed by atoms with E-state index >= 15 is 0 Å². The molecule has 0 atom stereocenters. The maximum Gasteiger partial charge on any atom is 0.160 e. The third-order valence-electron chi connectivity index (χ3n) is 13.9. The molecule has 294 valence electrons. The summed E-state index contributed by atoms with van der Waals surface area (Å²) < 4.78 is 0. The van der Waals surface area contributed by atoms with E-state index < -0.39 is 0 Å². The maximum absolute atomic E-state index is 5.43. The Morgan fingerprint density at radius 2 is 0.790 bits per heavy atom. The predicted octanol–water partition coefficient (Wildman–Crippen LogP) is 15.7. The van der Waals surface area contributed by atoms with E-state index in [9.17, 15) is 0 Å². The summed E-state index contributed by atoms with van der Waals surface area (Å²) in [7, 11) is 0. The van der Waals surface area contributed by atoms with Gasteiger partial charge in [0, 0.05) is 27.5 Å². The Hall–Kier alpha value is -7.42. The van der Waals surface area contributed by atoms with Gasteiger partial charge in [0.2, 0.25) is 0 Å². The molecule has 0 unspecified atom stereocenters. The molecule has 2 aliphatic carbocycles. The first kappa shape index (κ1) is 36.4. The minimum Gasteiger partial charge on any atom is -0.228 e. The monoisotopic (exact) mass is 792 g/mol. The van der Waals surface area contributed by atoms with Crippen LogP contribution in [-0.2, 0) is 10.8 Å². The van der Waals surface area contributed by atoms with Crippen molar-refractivity contribution in [3.63, 3.8) is 0 Å². The summed E-state index contributed by atoms with van der Waals surface area (Å²) >= 11 is 0. The van der Waals surface area contributed by atoms with Crippen molar-refractivity contribution in [2.24, 2.45) is 0 Å². The van der Waals surface area contributed by atoms with Gasteiger partial charge in [0.1, 0.15) is 0 Å². The predicted molar refractivity (Wildman–Crippen MR) is 259 cm³/mol. The van der Waals surface area contributed by atoms with Gasteiger partial charge in [-0.3, -0.25) is 0 Å². The Morgan fingerprint density at radius 1 is 0.290 bits per heavy atom. The number of rotatable bonds is 5. The van der Waals surface area contributed by atoms with Crippen LogP contribution in [0.3, 0.4) is 0 Å². The molecule has 62 heavy (non-hydrogen) atoms. The summed E-state index contributed by atoms with van der Waals surface area (Å²) in [5.74, 6) is 0.710.